The number of hydrogen-bond donors (Lipinski definition) is 1. The fourth-order valence-electron chi connectivity index (χ4n) is 2.57. The first-order chi connectivity index (χ1) is 6.86. The van der Waals surface area contributed by atoms with Crippen LogP contribution in [0.3, 0.4) is 0 Å². The van der Waals surface area contributed by atoms with Gasteiger partial charge in [-0.1, -0.05) is 12.8 Å². The smallest absolute Gasteiger partial charge is 0.00669 e. The molecule has 1 N–H and O–H groups in total. The summed E-state index contributed by atoms with van der Waals surface area (Å²) in [6.07, 6.45) is 7.15. The van der Waals surface area contributed by atoms with Crippen molar-refractivity contribution in [2.75, 3.05) is 26.2 Å². The zero-order valence-corrected chi connectivity index (χ0v) is 9.47. The van der Waals surface area contributed by atoms with E-state index in [-0.39, 0.29) is 0 Å². The van der Waals surface area contributed by atoms with Crippen molar-refractivity contribution in [3.05, 3.63) is 0 Å². The number of rotatable bonds is 3. The molecule has 82 valence electrons. The van der Waals surface area contributed by atoms with E-state index in [0.717, 1.165) is 12.0 Å². The molecule has 0 aliphatic carbocycles. The molecule has 0 aromatic carbocycles. The highest BCUT2D eigenvalue weighted by Gasteiger charge is 2.20. The SMILES string of the molecule is CC1CCCCCN1CCC1CNC1. The lowest BCUT2D eigenvalue weighted by Gasteiger charge is -2.32. The largest absolute Gasteiger partial charge is 0.316 e. The van der Waals surface area contributed by atoms with E-state index in [0.29, 0.717) is 0 Å². The van der Waals surface area contributed by atoms with Crippen molar-refractivity contribution in [1.82, 2.24) is 10.2 Å². The van der Waals surface area contributed by atoms with Gasteiger partial charge in [-0.05, 0) is 58.3 Å². The summed E-state index contributed by atoms with van der Waals surface area (Å²) in [5.41, 5.74) is 0. The van der Waals surface area contributed by atoms with Crippen molar-refractivity contribution in [2.24, 2.45) is 5.92 Å². The minimum Gasteiger partial charge on any atom is -0.316 e. The van der Waals surface area contributed by atoms with E-state index >= 15 is 0 Å². The zero-order valence-electron chi connectivity index (χ0n) is 9.47. The van der Waals surface area contributed by atoms with Gasteiger partial charge in [-0.15, -0.1) is 0 Å². The molecule has 0 radical (unpaired) electrons. The summed E-state index contributed by atoms with van der Waals surface area (Å²) in [5.74, 6) is 0.977. The molecule has 2 rings (SSSR count). The van der Waals surface area contributed by atoms with Crippen LogP contribution in [0.5, 0.6) is 0 Å². The van der Waals surface area contributed by atoms with Gasteiger partial charge >= 0.3 is 0 Å². The highest BCUT2D eigenvalue weighted by molar-refractivity contribution is 4.78. The van der Waals surface area contributed by atoms with Gasteiger partial charge in [0.1, 0.15) is 0 Å². The van der Waals surface area contributed by atoms with Crippen LogP contribution in [0.1, 0.15) is 39.0 Å². The first kappa shape index (κ1) is 10.4. The third kappa shape index (κ3) is 2.71. The van der Waals surface area contributed by atoms with Crippen LogP contribution in [0.2, 0.25) is 0 Å². The van der Waals surface area contributed by atoms with E-state index in [1.54, 1.807) is 0 Å². The van der Waals surface area contributed by atoms with Gasteiger partial charge in [-0.2, -0.15) is 0 Å². The number of nitrogens with one attached hydrogen (secondary N) is 1. The molecule has 2 saturated heterocycles. The first-order valence-electron chi connectivity index (χ1n) is 6.31. The second kappa shape index (κ2) is 5.13. The summed E-state index contributed by atoms with van der Waals surface area (Å²) < 4.78 is 0. The van der Waals surface area contributed by atoms with Crippen LogP contribution in [0, 0.1) is 5.92 Å². The molecule has 14 heavy (non-hydrogen) atoms. The summed E-state index contributed by atoms with van der Waals surface area (Å²) in [5, 5.41) is 3.35. The lowest BCUT2D eigenvalue weighted by molar-refractivity contribution is 0.184. The number of nitrogens with zero attached hydrogens (tertiary/aromatic N) is 1. The third-order valence-electron chi connectivity index (χ3n) is 3.88. The minimum absolute atomic E-state index is 0.838. The summed E-state index contributed by atoms with van der Waals surface area (Å²) in [6.45, 7) is 7.63. The Labute approximate surface area is 88.1 Å². The molecule has 0 spiro atoms. The molecule has 0 aromatic rings. The average molecular weight is 196 g/mol. The lowest BCUT2D eigenvalue weighted by atomic mass is 9.99. The maximum atomic E-state index is 3.35. The quantitative estimate of drug-likeness (QED) is 0.741. The van der Waals surface area contributed by atoms with Gasteiger partial charge < -0.3 is 10.2 Å². The Hall–Kier alpha value is -0.0800. The van der Waals surface area contributed by atoms with E-state index in [9.17, 15) is 0 Å². The monoisotopic (exact) mass is 196 g/mol. The van der Waals surface area contributed by atoms with Gasteiger partial charge in [0, 0.05) is 6.04 Å². The molecule has 0 saturated carbocycles. The predicted octanol–water partition coefficient (Wildman–Crippen LogP) is 1.86. The molecule has 1 atom stereocenters. The normalized spacial score (nSPS) is 31.1. The molecule has 0 amide bonds. The molecule has 0 aromatic heterocycles. The van der Waals surface area contributed by atoms with Crippen LogP contribution in [0.15, 0.2) is 0 Å². The van der Waals surface area contributed by atoms with Crippen LogP contribution >= 0.6 is 0 Å². The number of likely N-dealkylation sites (tertiary alicyclic amines) is 1. The highest BCUT2D eigenvalue weighted by Crippen LogP contribution is 2.18. The van der Waals surface area contributed by atoms with Gasteiger partial charge in [-0.25, -0.2) is 0 Å². The van der Waals surface area contributed by atoms with Crippen molar-refractivity contribution in [2.45, 2.75) is 45.1 Å². The maximum Gasteiger partial charge on any atom is 0.00669 e. The van der Waals surface area contributed by atoms with E-state index in [4.69, 9.17) is 0 Å². The van der Waals surface area contributed by atoms with E-state index in [1.165, 1.54) is 58.3 Å². The molecular formula is C12H24N2. The average Bonchev–Trinajstić information content (AvgIpc) is 2.29. The van der Waals surface area contributed by atoms with Crippen LogP contribution in [-0.2, 0) is 0 Å². The van der Waals surface area contributed by atoms with Crippen molar-refractivity contribution in [1.29, 1.82) is 0 Å². The Morgan fingerprint density at radius 3 is 2.79 bits per heavy atom. The molecule has 2 nitrogen and oxygen atoms in total. The molecular weight excluding hydrogens is 172 g/mol. The zero-order chi connectivity index (χ0) is 9.80. The minimum atomic E-state index is 0.838. The Morgan fingerprint density at radius 2 is 2.07 bits per heavy atom. The number of hydrogen-bond acceptors (Lipinski definition) is 2. The van der Waals surface area contributed by atoms with Crippen molar-refractivity contribution >= 4 is 0 Å². The summed E-state index contributed by atoms with van der Waals surface area (Å²) in [4.78, 5) is 2.71. The summed E-state index contributed by atoms with van der Waals surface area (Å²) >= 11 is 0. The maximum absolute atomic E-state index is 3.35. The van der Waals surface area contributed by atoms with Gasteiger partial charge in [0.25, 0.3) is 0 Å². The second-order valence-electron chi connectivity index (χ2n) is 5.05. The lowest BCUT2D eigenvalue weighted by Crippen LogP contribution is -2.44. The Balaban J connectivity index is 1.70. The molecule has 2 aliphatic rings. The van der Waals surface area contributed by atoms with Crippen LogP contribution < -0.4 is 5.32 Å². The fourth-order valence-corrected chi connectivity index (χ4v) is 2.57. The standard InChI is InChI=1S/C12H24N2/c1-11-5-3-2-4-7-14(11)8-6-12-9-13-10-12/h11-13H,2-10H2,1H3. The molecule has 2 heteroatoms. The fraction of sp³-hybridized carbons (Fsp3) is 1.00. The van der Waals surface area contributed by atoms with E-state index in [1.807, 2.05) is 0 Å². The van der Waals surface area contributed by atoms with Crippen molar-refractivity contribution < 1.29 is 0 Å². The molecule has 2 aliphatic heterocycles. The van der Waals surface area contributed by atoms with Gasteiger partial charge in [0.05, 0.1) is 0 Å². The predicted molar refractivity (Wildman–Crippen MR) is 60.5 cm³/mol. The summed E-state index contributed by atoms with van der Waals surface area (Å²) in [7, 11) is 0. The van der Waals surface area contributed by atoms with Crippen molar-refractivity contribution in [3.63, 3.8) is 0 Å². The Kier molecular flexibility index (Phi) is 3.82. The van der Waals surface area contributed by atoms with E-state index < -0.39 is 0 Å². The second-order valence-corrected chi connectivity index (χ2v) is 5.05. The van der Waals surface area contributed by atoms with Crippen LogP contribution in [0.4, 0.5) is 0 Å². The molecule has 2 heterocycles. The van der Waals surface area contributed by atoms with Gasteiger partial charge in [0.2, 0.25) is 0 Å². The molecule has 1 unspecified atom stereocenters. The molecule has 2 fully saturated rings. The van der Waals surface area contributed by atoms with Gasteiger partial charge in [-0.3, -0.25) is 0 Å². The van der Waals surface area contributed by atoms with Crippen LogP contribution in [0.25, 0.3) is 0 Å². The van der Waals surface area contributed by atoms with Crippen LogP contribution in [-0.4, -0.2) is 37.1 Å². The highest BCUT2D eigenvalue weighted by atomic mass is 15.1. The summed E-state index contributed by atoms with van der Waals surface area (Å²) in [6, 6.07) is 0.838. The first-order valence-corrected chi connectivity index (χ1v) is 6.31. The van der Waals surface area contributed by atoms with E-state index in [2.05, 4.69) is 17.1 Å². The topological polar surface area (TPSA) is 15.3 Å². The van der Waals surface area contributed by atoms with Crippen molar-refractivity contribution in [3.8, 4) is 0 Å². The Bertz CT molecular complexity index is 166. The van der Waals surface area contributed by atoms with Gasteiger partial charge in [0.15, 0.2) is 0 Å². The molecule has 0 bridgehead atoms. The Morgan fingerprint density at radius 1 is 1.21 bits per heavy atom. The third-order valence-corrected chi connectivity index (χ3v) is 3.88.